The molecule has 2 aromatic carbocycles. The zero-order chi connectivity index (χ0) is 19.0. The zero-order valence-corrected chi connectivity index (χ0v) is 16.8. The summed E-state index contributed by atoms with van der Waals surface area (Å²) < 4.78 is 28.6. The van der Waals surface area contributed by atoms with Crippen molar-refractivity contribution in [3.63, 3.8) is 0 Å². The van der Waals surface area contributed by atoms with E-state index in [2.05, 4.69) is 20.2 Å². The van der Waals surface area contributed by atoms with Crippen molar-refractivity contribution in [2.24, 2.45) is 0 Å². The first-order valence-electron chi connectivity index (χ1n) is 9.42. The van der Waals surface area contributed by atoms with Crippen molar-refractivity contribution in [3.05, 3.63) is 41.0 Å². The highest BCUT2D eigenvalue weighted by molar-refractivity contribution is 5.89. The van der Waals surface area contributed by atoms with Crippen molar-refractivity contribution in [2.45, 2.75) is 18.4 Å². The van der Waals surface area contributed by atoms with Crippen molar-refractivity contribution in [1.29, 1.82) is 0 Å². The molecule has 0 unspecified atom stereocenters. The van der Waals surface area contributed by atoms with Gasteiger partial charge in [0.25, 0.3) is 0 Å². The molecule has 29 heavy (non-hydrogen) atoms. The van der Waals surface area contributed by atoms with E-state index in [0.29, 0.717) is 21.7 Å². The van der Waals surface area contributed by atoms with Crippen LogP contribution in [0, 0.1) is 0 Å². The van der Waals surface area contributed by atoms with Gasteiger partial charge in [0, 0.05) is 17.5 Å². The molecular formula is C21H20ClNO6. The van der Waals surface area contributed by atoms with Crippen molar-refractivity contribution in [3.8, 4) is 28.7 Å². The molecule has 0 amide bonds. The molecule has 0 radical (unpaired) electrons. The topological polar surface area (TPSA) is 63.2 Å². The molecule has 6 rings (SSSR count). The minimum absolute atomic E-state index is 0. The zero-order valence-electron chi connectivity index (χ0n) is 16.1. The molecule has 0 saturated carbocycles. The van der Waals surface area contributed by atoms with E-state index in [0.717, 1.165) is 35.6 Å². The van der Waals surface area contributed by atoms with Gasteiger partial charge in [0.15, 0.2) is 23.0 Å². The van der Waals surface area contributed by atoms with Crippen LogP contribution in [0.4, 0.5) is 0 Å². The molecule has 4 aliphatic heterocycles. The number of fused-ring (bicyclic) bond motifs is 5. The van der Waals surface area contributed by atoms with Crippen molar-refractivity contribution in [1.82, 2.24) is 0 Å². The average Bonchev–Trinajstić information content (AvgIpc) is 3.37. The second-order valence-electron chi connectivity index (χ2n) is 8.22. The van der Waals surface area contributed by atoms with E-state index < -0.39 is 5.92 Å². The van der Waals surface area contributed by atoms with Crippen LogP contribution in [-0.4, -0.2) is 44.7 Å². The molecule has 0 saturated heterocycles. The van der Waals surface area contributed by atoms with Gasteiger partial charge in [-0.3, -0.25) is 4.79 Å². The van der Waals surface area contributed by atoms with Gasteiger partial charge in [-0.15, -0.1) is 0 Å². The number of quaternary nitrogens is 1. The maximum atomic E-state index is 13.1. The predicted molar refractivity (Wildman–Crippen MR) is 96.9 cm³/mol. The molecule has 0 fully saturated rings. The number of ether oxygens (including phenoxy) is 5. The second kappa shape index (κ2) is 6.18. The third kappa shape index (κ3) is 2.50. The van der Waals surface area contributed by atoms with E-state index in [1.807, 2.05) is 18.2 Å². The van der Waals surface area contributed by atoms with Crippen molar-refractivity contribution in [2.75, 3.05) is 34.2 Å². The Morgan fingerprint density at radius 1 is 0.897 bits per heavy atom. The molecule has 4 heterocycles. The highest BCUT2D eigenvalue weighted by Gasteiger charge is 2.51. The lowest BCUT2D eigenvalue weighted by Gasteiger charge is -2.44. The molecule has 0 bridgehead atoms. The molecule has 0 aliphatic carbocycles. The lowest BCUT2D eigenvalue weighted by atomic mass is 9.80. The number of hydrogen-bond donors (Lipinski definition) is 0. The second-order valence-corrected chi connectivity index (χ2v) is 8.22. The lowest BCUT2D eigenvalue weighted by Crippen LogP contribution is -3.00. The van der Waals surface area contributed by atoms with Crippen LogP contribution in [-0.2, 0) is 11.2 Å². The van der Waals surface area contributed by atoms with E-state index in [1.54, 1.807) is 0 Å². The molecule has 0 aromatic heterocycles. The molecule has 152 valence electrons. The molecule has 2 atom stereocenters. The molecule has 2 aromatic rings. The first-order valence-corrected chi connectivity index (χ1v) is 9.42. The predicted octanol–water partition coefficient (Wildman–Crippen LogP) is -0.476. The van der Waals surface area contributed by atoms with E-state index in [9.17, 15) is 4.79 Å². The van der Waals surface area contributed by atoms with Crippen LogP contribution in [0.15, 0.2) is 24.3 Å². The van der Waals surface area contributed by atoms with Crippen LogP contribution >= 0.6 is 0 Å². The number of hydrogen-bond acceptors (Lipinski definition) is 6. The van der Waals surface area contributed by atoms with E-state index in [4.69, 9.17) is 23.7 Å². The van der Waals surface area contributed by atoms with Gasteiger partial charge in [-0.05, 0) is 23.8 Å². The number of carbonyl (C=O) groups excluding carboxylic acids is 1. The van der Waals surface area contributed by atoms with Crippen LogP contribution in [0.5, 0.6) is 28.7 Å². The fourth-order valence-electron chi connectivity index (χ4n) is 4.90. The Labute approximate surface area is 174 Å². The Morgan fingerprint density at radius 2 is 1.62 bits per heavy atom. The van der Waals surface area contributed by atoms with Gasteiger partial charge >= 0.3 is 5.97 Å². The monoisotopic (exact) mass is 417 g/mol. The van der Waals surface area contributed by atoms with E-state index in [-0.39, 0.29) is 38.0 Å². The highest BCUT2D eigenvalue weighted by Crippen LogP contribution is 2.55. The normalized spacial score (nSPS) is 24.4. The first-order chi connectivity index (χ1) is 13.5. The highest BCUT2D eigenvalue weighted by atomic mass is 35.5. The Kier molecular flexibility index (Phi) is 3.92. The number of halogens is 1. The summed E-state index contributed by atoms with van der Waals surface area (Å²) in [5, 5.41) is 0. The van der Waals surface area contributed by atoms with Gasteiger partial charge in [-0.1, -0.05) is 6.07 Å². The van der Waals surface area contributed by atoms with Gasteiger partial charge in [0.05, 0.1) is 20.6 Å². The van der Waals surface area contributed by atoms with Gasteiger partial charge in [0.2, 0.25) is 19.3 Å². The van der Waals surface area contributed by atoms with Gasteiger partial charge in [-0.25, -0.2) is 0 Å². The number of benzene rings is 2. The molecule has 0 N–H and O–H groups in total. The fourth-order valence-corrected chi connectivity index (χ4v) is 4.90. The smallest absolute Gasteiger partial charge is 0.325 e. The molecule has 8 heteroatoms. The number of carbonyl (C=O) groups is 1. The Balaban J connectivity index is 0.00000181. The van der Waals surface area contributed by atoms with Crippen LogP contribution in [0.2, 0.25) is 0 Å². The minimum atomic E-state index is -0.418. The summed E-state index contributed by atoms with van der Waals surface area (Å²) in [4.78, 5) is 13.1. The van der Waals surface area contributed by atoms with E-state index in [1.165, 1.54) is 5.56 Å². The summed E-state index contributed by atoms with van der Waals surface area (Å²) in [5.74, 6) is 2.50. The third-order valence-corrected chi connectivity index (χ3v) is 6.30. The van der Waals surface area contributed by atoms with Crippen molar-refractivity contribution < 1.29 is 45.4 Å². The summed E-state index contributed by atoms with van der Waals surface area (Å²) >= 11 is 0. The summed E-state index contributed by atoms with van der Waals surface area (Å²) in [6, 6.07) is 7.80. The maximum Gasteiger partial charge on any atom is 0.325 e. The Bertz CT molecular complexity index is 1040. The molecule has 0 spiro atoms. The van der Waals surface area contributed by atoms with Gasteiger partial charge in [-0.2, -0.15) is 0 Å². The fraction of sp³-hybridized carbons (Fsp3) is 0.381. The largest absolute Gasteiger partial charge is 1.00 e. The summed E-state index contributed by atoms with van der Waals surface area (Å²) in [6.45, 7) is 1.30. The third-order valence-electron chi connectivity index (χ3n) is 6.30. The van der Waals surface area contributed by atoms with Crippen LogP contribution < -0.4 is 36.1 Å². The minimum Gasteiger partial charge on any atom is -1.00 e. The lowest BCUT2D eigenvalue weighted by molar-refractivity contribution is -0.924. The summed E-state index contributed by atoms with van der Waals surface area (Å²) in [5.41, 5.74) is 3.18. The average molecular weight is 418 g/mol. The summed E-state index contributed by atoms with van der Waals surface area (Å²) in [6.07, 6.45) is 0.922. The first kappa shape index (κ1) is 18.4. The number of nitrogens with zero attached hydrogens (tertiary/aromatic N) is 1. The van der Waals surface area contributed by atoms with Crippen LogP contribution in [0.25, 0.3) is 0 Å². The van der Waals surface area contributed by atoms with Crippen LogP contribution in [0.1, 0.15) is 28.7 Å². The Morgan fingerprint density at radius 3 is 2.45 bits per heavy atom. The molecular weight excluding hydrogens is 398 g/mol. The quantitative estimate of drug-likeness (QED) is 0.355. The number of likely N-dealkylation sites (N-methyl/N-ethyl adjacent to an activating group) is 1. The van der Waals surface area contributed by atoms with Crippen molar-refractivity contribution >= 4 is 5.97 Å². The number of rotatable bonds is 1. The van der Waals surface area contributed by atoms with Gasteiger partial charge < -0.3 is 40.6 Å². The summed E-state index contributed by atoms with van der Waals surface area (Å²) in [7, 11) is 4.33. The van der Waals surface area contributed by atoms with Crippen LogP contribution in [0.3, 0.4) is 0 Å². The maximum absolute atomic E-state index is 13.1. The number of esters is 1. The molecule has 7 nitrogen and oxygen atoms in total. The van der Waals surface area contributed by atoms with E-state index >= 15 is 0 Å². The Hall–Kier alpha value is -2.64. The van der Waals surface area contributed by atoms with Gasteiger partial charge in [0.1, 0.15) is 12.0 Å². The standard InChI is InChI=1S/C21H20NO6.ClH/c1-22(2)6-5-11-7-15-16(26-9-25-15)8-13(11)18(22)17-12-3-4-14-20(27-10-24-14)19(12)28-21(17)23;/h3-4,7-8,17-18H,5-6,9-10H2,1-2H3;1H/q+1;/p-1/t17-,18+;/m1./s1. The molecule has 4 aliphatic rings. The SMILES string of the molecule is C[N+]1(C)CCc2cc3c(cc2[C@H]1[C@@H]1C(=O)Oc2c1ccc1c2OCO1)OCO3.[Cl-].